The Morgan fingerprint density at radius 2 is 0.673 bits per heavy atom. The van der Waals surface area contributed by atoms with Crippen LogP contribution in [0.3, 0.4) is 0 Å². The van der Waals surface area contributed by atoms with Crippen molar-refractivity contribution in [3.05, 3.63) is 12.2 Å². The Labute approximate surface area is 322 Å². The molecule has 0 aliphatic rings. The fraction of sp³-hybridized carbons (Fsp3) is 0.891. The first-order valence-electron chi connectivity index (χ1n) is 22.7. The van der Waals surface area contributed by atoms with Gasteiger partial charge in [0.15, 0.2) is 6.10 Å². The van der Waals surface area contributed by atoms with Crippen LogP contribution in [0.1, 0.15) is 245 Å². The second-order valence-corrected chi connectivity index (χ2v) is 15.3. The molecule has 0 aromatic heterocycles. The third kappa shape index (κ3) is 39.4. The number of hydrogen-bond donors (Lipinski definition) is 0. The van der Waals surface area contributed by atoms with Gasteiger partial charge in [-0.2, -0.15) is 0 Å². The molecule has 6 nitrogen and oxygen atoms in total. The summed E-state index contributed by atoms with van der Waals surface area (Å²) in [6.07, 6.45) is 43.5. The number of carbonyl (C=O) groups excluding carboxylic acids is 3. The molecular formula is C46H86O6. The van der Waals surface area contributed by atoms with Gasteiger partial charge in [0, 0.05) is 19.3 Å². The first-order chi connectivity index (χ1) is 25.5. The summed E-state index contributed by atoms with van der Waals surface area (Å²) in [5, 5.41) is 0. The molecule has 6 heteroatoms. The van der Waals surface area contributed by atoms with Crippen molar-refractivity contribution in [3.63, 3.8) is 0 Å². The minimum atomic E-state index is -0.764. The van der Waals surface area contributed by atoms with E-state index in [1.54, 1.807) is 0 Å². The first-order valence-corrected chi connectivity index (χ1v) is 22.7. The first kappa shape index (κ1) is 50.1. The molecule has 0 N–H and O–H groups in total. The van der Waals surface area contributed by atoms with E-state index in [0.29, 0.717) is 19.3 Å². The third-order valence-electron chi connectivity index (χ3n) is 10.0. The van der Waals surface area contributed by atoms with E-state index in [-0.39, 0.29) is 31.1 Å². The highest BCUT2D eigenvalue weighted by atomic mass is 16.6. The molecule has 0 fully saturated rings. The van der Waals surface area contributed by atoms with E-state index in [0.717, 1.165) is 77.0 Å². The number of rotatable bonds is 41. The highest BCUT2D eigenvalue weighted by Crippen LogP contribution is 2.15. The molecule has 306 valence electrons. The smallest absolute Gasteiger partial charge is 0.306 e. The van der Waals surface area contributed by atoms with Gasteiger partial charge in [-0.25, -0.2) is 0 Å². The number of unbranched alkanes of at least 4 members (excludes halogenated alkanes) is 28. The van der Waals surface area contributed by atoms with Gasteiger partial charge in [0.25, 0.3) is 0 Å². The Kier molecular flexibility index (Phi) is 40.4. The molecule has 52 heavy (non-hydrogen) atoms. The normalized spacial score (nSPS) is 12.0. The minimum absolute atomic E-state index is 0.0697. The molecule has 0 heterocycles. The average molecular weight is 735 g/mol. The molecular weight excluding hydrogens is 649 g/mol. The van der Waals surface area contributed by atoms with Gasteiger partial charge in [0.2, 0.25) is 0 Å². The zero-order valence-corrected chi connectivity index (χ0v) is 34.8. The van der Waals surface area contributed by atoms with Crippen LogP contribution in [0, 0.1) is 0 Å². The van der Waals surface area contributed by atoms with E-state index in [1.165, 1.54) is 128 Å². The molecule has 1 atom stereocenters. The van der Waals surface area contributed by atoms with Gasteiger partial charge >= 0.3 is 17.9 Å². The summed E-state index contributed by atoms with van der Waals surface area (Å²) in [4.78, 5) is 37.5. The Bertz CT molecular complexity index is 809. The van der Waals surface area contributed by atoms with Gasteiger partial charge in [-0.1, -0.05) is 200 Å². The van der Waals surface area contributed by atoms with Gasteiger partial charge in [-0.05, 0) is 38.5 Å². The van der Waals surface area contributed by atoms with Crippen molar-refractivity contribution >= 4 is 17.9 Å². The van der Waals surface area contributed by atoms with Crippen LogP contribution < -0.4 is 0 Å². The van der Waals surface area contributed by atoms with E-state index in [9.17, 15) is 14.4 Å². The van der Waals surface area contributed by atoms with Gasteiger partial charge < -0.3 is 14.2 Å². The fourth-order valence-corrected chi connectivity index (χ4v) is 6.56. The van der Waals surface area contributed by atoms with Gasteiger partial charge in [-0.15, -0.1) is 0 Å². The van der Waals surface area contributed by atoms with E-state index in [4.69, 9.17) is 14.2 Å². The lowest BCUT2D eigenvalue weighted by atomic mass is 10.0. The van der Waals surface area contributed by atoms with Crippen LogP contribution in [-0.4, -0.2) is 37.2 Å². The highest BCUT2D eigenvalue weighted by Gasteiger charge is 2.19. The molecule has 0 saturated heterocycles. The zero-order chi connectivity index (χ0) is 38.0. The van der Waals surface area contributed by atoms with Crippen LogP contribution in [0.5, 0.6) is 0 Å². The highest BCUT2D eigenvalue weighted by molar-refractivity contribution is 5.71. The number of hydrogen-bond acceptors (Lipinski definition) is 6. The third-order valence-corrected chi connectivity index (χ3v) is 10.0. The number of allylic oxidation sites excluding steroid dienone is 2. The molecule has 0 radical (unpaired) electrons. The molecule has 0 bridgehead atoms. The SMILES string of the molecule is CCC/C=C\CCCCCCCC(=O)OC(COC(=O)CCCCCCCCC)COC(=O)CCCCCCCCCCCCCCCCCCC. The quantitative estimate of drug-likeness (QED) is 0.0269. The van der Waals surface area contributed by atoms with Crippen molar-refractivity contribution in [2.75, 3.05) is 13.2 Å². The van der Waals surface area contributed by atoms with Gasteiger partial charge in [-0.3, -0.25) is 14.4 Å². The van der Waals surface area contributed by atoms with Crippen molar-refractivity contribution in [2.45, 2.75) is 252 Å². The number of carbonyl (C=O) groups is 3. The Balaban J connectivity index is 4.21. The van der Waals surface area contributed by atoms with E-state index >= 15 is 0 Å². The van der Waals surface area contributed by atoms with Crippen LogP contribution in [0.15, 0.2) is 12.2 Å². The maximum Gasteiger partial charge on any atom is 0.306 e. The molecule has 0 aromatic carbocycles. The maximum atomic E-state index is 12.6. The second-order valence-electron chi connectivity index (χ2n) is 15.3. The average Bonchev–Trinajstić information content (AvgIpc) is 3.14. The van der Waals surface area contributed by atoms with Crippen LogP contribution in [-0.2, 0) is 28.6 Å². The van der Waals surface area contributed by atoms with Crippen molar-refractivity contribution in [2.24, 2.45) is 0 Å². The number of ether oxygens (including phenoxy) is 3. The fourth-order valence-electron chi connectivity index (χ4n) is 6.56. The molecule has 1 unspecified atom stereocenters. The maximum absolute atomic E-state index is 12.6. The molecule has 0 aliphatic heterocycles. The monoisotopic (exact) mass is 735 g/mol. The zero-order valence-electron chi connectivity index (χ0n) is 34.8. The van der Waals surface area contributed by atoms with Crippen molar-refractivity contribution in [3.8, 4) is 0 Å². The molecule has 0 saturated carbocycles. The Hall–Kier alpha value is -1.85. The molecule has 0 aliphatic carbocycles. The molecule has 0 amide bonds. The summed E-state index contributed by atoms with van der Waals surface area (Å²) in [6.45, 7) is 6.54. The summed E-state index contributed by atoms with van der Waals surface area (Å²) >= 11 is 0. The topological polar surface area (TPSA) is 78.9 Å². The molecule has 0 aromatic rings. The van der Waals surface area contributed by atoms with E-state index < -0.39 is 6.10 Å². The van der Waals surface area contributed by atoms with E-state index in [1.807, 2.05) is 0 Å². The largest absolute Gasteiger partial charge is 0.462 e. The standard InChI is InChI=1S/C46H86O6/c1-4-7-10-13-16-18-20-21-22-23-24-25-26-28-30-33-36-39-45(48)51-42-43(41-50-44(47)38-35-32-29-15-12-9-6-3)52-46(49)40-37-34-31-27-19-17-14-11-8-5-2/h11,14,43H,4-10,12-13,15-42H2,1-3H3/b14-11-. The van der Waals surface area contributed by atoms with Crippen molar-refractivity contribution in [1.29, 1.82) is 0 Å². The summed E-state index contributed by atoms with van der Waals surface area (Å²) < 4.78 is 16.6. The van der Waals surface area contributed by atoms with Gasteiger partial charge in [0.1, 0.15) is 13.2 Å². The number of esters is 3. The summed E-state index contributed by atoms with van der Waals surface area (Å²) in [5.74, 6) is -0.880. The van der Waals surface area contributed by atoms with Crippen molar-refractivity contribution < 1.29 is 28.6 Å². The predicted octanol–water partition coefficient (Wildman–Crippen LogP) is 14.3. The van der Waals surface area contributed by atoms with Crippen LogP contribution in [0.25, 0.3) is 0 Å². The minimum Gasteiger partial charge on any atom is -0.462 e. The van der Waals surface area contributed by atoms with Crippen LogP contribution >= 0.6 is 0 Å². The lowest BCUT2D eigenvalue weighted by molar-refractivity contribution is -0.167. The summed E-state index contributed by atoms with van der Waals surface area (Å²) in [7, 11) is 0. The lowest BCUT2D eigenvalue weighted by Crippen LogP contribution is -2.30. The summed E-state index contributed by atoms with van der Waals surface area (Å²) in [6, 6.07) is 0. The molecule has 0 rings (SSSR count). The van der Waals surface area contributed by atoms with Crippen LogP contribution in [0.2, 0.25) is 0 Å². The van der Waals surface area contributed by atoms with Crippen LogP contribution in [0.4, 0.5) is 0 Å². The lowest BCUT2D eigenvalue weighted by Gasteiger charge is -2.18. The molecule has 0 spiro atoms. The summed E-state index contributed by atoms with van der Waals surface area (Å²) in [5.41, 5.74) is 0. The van der Waals surface area contributed by atoms with Crippen molar-refractivity contribution in [1.82, 2.24) is 0 Å². The predicted molar refractivity (Wildman–Crippen MR) is 220 cm³/mol. The Morgan fingerprint density at radius 3 is 1.04 bits per heavy atom. The van der Waals surface area contributed by atoms with Gasteiger partial charge in [0.05, 0.1) is 0 Å². The second kappa shape index (κ2) is 41.9. The Morgan fingerprint density at radius 1 is 0.365 bits per heavy atom. The van der Waals surface area contributed by atoms with E-state index in [2.05, 4.69) is 32.9 Å².